The highest BCUT2D eigenvalue weighted by molar-refractivity contribution is 4.58. The van der Waals surface area contributed by atoms with Crippen molar-refractivity contribution in [2.45, 2.75) is 90.9 Å². The summed E-state index contributed by atoms with van der Waals surface area (Å²) in [7, 11) is 0. The molecule has 0 saturated carbocycles. The molecule has 4 nitrogen and oxygen atoms in total. The van der Waals surface area contributed by atoms with Gasteiger partial charge in [-0.25, -0.2) is 0 Å². The maximum Gasteiger partial charge on any atom is 0.100 e. The summed E-state index contributed by atoms with van der Waals surface area (Å²) >= 11 is 0. The minimum Gasteiger partial charge on any atom is -0.298 e. The van der Waals surface area contributed by atoms with Gasteiger partial charge in [0.15, 0.2) is 0 Å². The largest absolute Gasteiger partial charge is 0.298 e. The van der Waals surface area contributed by atoms with Gasteiger partial charge < -0.3 is 0 Å². The Kier molecular flexibility index (Phi) is 14.0. The lowest BCUT2D eigenvalue weighted by Gasteiger charge is -2.17. The topological polar surface area (TPSA) is 24.9 Å². The molecule has 0 N–H and O–H groups in total. The minimum absolute atomic E-state index is 0.797. The standard InChI is InChI=1S/C19H40N2O2/c1-3-5-7-9-11-13-17-22-20-15-16-21(19-20)23-18-14-12-10-8-6-4-2/h3-19H2,1-2H3. The molecule has 0 spiro atoms. The molecule has 0 aromatic carbocycles. The summed E-state index contributed by atoms with van der Waals surface area (Å²) in [6.07, 6.45) is 15.8. The van der Waals surface area contributed by atoms with E-state index in [2.05, 4.69) is 13.8 Å². The number of hydroxylamine groups is 4. The van der Waals surface area contributed by atoms with Gasteiger partial charge in [0.05, 0.1) is 13.2 Å². The molecule has 4 heteroatoms. The molecule has 0 aliphatic carbocycles. The smallest absolute Gasteiger partial charge is 0.100 e. The SMILES string of the molecule is CCCCCCCCON1CCN(OCCCCCCCC)C1. The van der Waals surface area contributed by atoms with Gasteiger partial charge in [-0.05, 0) is 12.8 Å². The van der Waals surface area contributed by atoms with E-state index in [0.29, 0.717) is 0 Å². The quantitative estimate of drug-likeness (QED) is 0.366. The van der Waals surface area contributed by atoms with E-state index in [1.54, 1.807) is 0 Å². The Morgan fingerprint density at radius 2 is 0.957 bits per heavy atom. The highest BCUT2D eigenvalue weighted by Crippen LogP contribution is 2.10. The van der Waals surface area contributed by atoms with E-state index < -0.39 is 0 Å². The molecule has 1 aliphatic rings. The number of unbranched alkanes of at least 4 members (excludes halogenated alkanes) is 10. The van der Waals surface area contributed by atoms with Gasteiger partial charge in [-0.2, -0.15) is 10.1 Å². The summed E-state index contributed by atoms with van der Waals surface area (Å²) in [6, 6.07) is 0. The Hall–Kier alpha value is -0.160. The Bertz CT molecular complexity index is 228. The van der Waals surface area contributed by atoms with Crippen LogP contribution in [0.3, 0.4) is 0 Å². The van der Waals surface area contributed by atoms with E-state index in [1.807, 2.05) is 10.1 Å². The lowest BCUT2D eigenvalue weighted by atomic mass is 10.1. The molecule has 1 heterocycles. The predicted octanol–water partition coefficient (Wildman–Crippen LogP) is 5.15. The molecule has 23 heavy (non-hydrogen) atoms. The number of rotatable bonds is 16. The first-order valence-electron chi connectivity index (χ1n) is 10.1. The average Bonchev–Trinajstić information content (AvgIpc) is 3.01. The van der Waals surface area contributed by atoms with Gasteiger partial charge in [0, 0.05) is 13.1 Å². The maximum atomic E-state index is 5.82. The van der Waals surface area contributed by atoms with Crippen LogP contribution in [0, 0.1) is 0 Å². The van der Waals surface area contributed by atoms with Crippen molar-refractivity contribution in [2.24, 2.45) is 0 Å². The van der Waals surface area contributed by atoms with Gasteiger partial charge in [-0.3, -0.25) is 9.68 Å². The van der Waals surface area contributed by atoms with E-state index in [0.717, 1.165) is 33.0 Å². The van der Waals surface area contributed by atoms with Crippen LogP contribution in [0.4, 0.5) is 0 Å². The zero-order chi connectivity index (χ0) is 16.6. The highest BCUT2D eigenvalue weighted by Gasteiger charge is 2.20. The van der Waals surface area contributed by atoms with Crippen molar-refractivity contribution in [1.82, 2.24) is 10.1 Å². The van der Waals surface area contributed by atoms with Gasteiger partial charge in [-0.1, -0.05) is 78.1 Å². The fourth-order valence-electron chi connectivity index (χ4n) is 2.90. The van der Waals surface area contributed by atoms with E-state index in [1.165, 1.54) is 77.0 Å². The molecule has 0 aromatic rings. The maximum absolute atomic E-state index is 5.82. The summed E-state index contributed by atoms with van der Waals surface area (Å²) < 4.78 is 0. The summed E-state index contributed by atoms with van der Waals surface area (Å²) in [5.41, 5.74) is 0. The average molecular weight is 329 g/mol. The third-order valence-corrected chi connectivity index (χ3v) is 4.46. The Morgan fingerprint density at radius 3 is 1.39 bits per heavy atom. The molecule has 138 valence electrons. The first-order chi connectivity index (χ1) is 11.4. The first kappa shape index (κ1) is 20.9. The number of hydrogen-bond donors (Lipinski definition) is 0. The van der Waals surface area contributed by atoms with Crippen LogP contribution in [-0.2, 0) is 9.68 Å². The zero-order valence-corrected chi connectivity index (χ0v) is 15.7. The lowest BCUT2D eigenvalue weighted by Crippen LogP contribution is -2.26. The van der Waals surface area contributed by atoms with Crippen molar-refractivity contribution in [1.29, 1.82) is 0 Å². The van der Waals surface area contributed by atoms with Crippen LogP contribution in [0.2, 0.25) is 0 Å². The second kappa shape index (κ2) is 15.4. The Morgan fingerprint density at radius 1 is 0.565 bits per heavy atom. The molecule has 0 aromatic heterocycles. The number of nitrogens with zero attached hydrogens (tertiary/aromatic N) is 2. The third-order valence-electron chi connectivity index (χ3n) is 4.46. The van der Waals surface area contributed by atoms with E-state index in [-0.39, 0.29) is 0 Å². The van der Waals surface area contributed by atoms with Crippen LogP contribution in [0.25, 0.3) is 0 Å². The van der Waals surface area contributed by atoms with Crippen molar-refractivity contribution in [3.63, 3.8) is 0 Å². The summed E-state index contributed by atoms with van der Waals surface area (Å²) in [6.45, 7) is 8.96. The fourth-order valence-corrected chi connectivity index (χ4v) is 2.90. The molecule has 0 radical (unpaired) electrons. The molecule has 0 unspecified atom stereocenters. The van der Waals surface area contributed by atoms with Crippen molar-refractivity contribution in [3.8, 4) is 0 Å². The van der Waals surface area contributed by atoms with Crippen molar-refractivity contribution in [2.75, 3.05) is 33.0 Å². The Balaban J connectivity index is 1.85. The lowest BCUT2D eigenvalue weighted by molar-refractivity contribution is -0.206. The van der Waals surface area contributed by atoms with Gasteiger partial charge in [0.1, 0.15) is 6.67 Å². The van der Waals surface area contributed by atoms with Gasteiger partial charge in [0.25, 0.3) is 0 Å². The molecule has 0 amide bonds. The van der Waals surface area contributed by atoms with Crippen LogP contribution >= 0.6 is 0 Å². The fraction of sp³-hybridized carbons (Fsp3) is 1.00. The molecule has 1 rings (SSSR count). The van der Waals surface area contributed by atoms with Gasteiger partial charge in [-0.15, -0.1) is 0 Å². The molecule has 1 aliphatic heterocycles. The summed E-state index contributed by atoms with van der Waals surface area (Å²) in [5, 5.41) is 4.10. The van der Waals surface area contributed by atoms with Crippen molar-refractivity contribution in [3.05, 3.63) is 0 Å². The van der Waals surface area contributed by atoms with Crippen LogP contribution in [0.5, 0.6) is 0 Å². The third kappa shape index (κ3) is 11.9. The predicted molar refractivity (Wildman–Crippen MR) is 96.9 cm³/mol. The zero-order valence-electron chi connectivity index (χ0n) is 15.7. The monoisotopic (exact) mass is 328 g/mol. The summed E-state index contributed by atoms with van der Waals surface area (Å²) in [4.78, 5) is 11.6. The van der Waals surface area contributed by atoms with E-state index >= 15 is 0 Å². The van der Waals surface area contributed by atoms with Crippen molar-refractivity contribution >= 4 is 0 Å². The van der Waals surface area contributed by atoms with Crippen LogP contribution in [0.15, 0.2) is 0 Å². The highest BCUT2D eigenvalue weighted by atomic mass is 16.7. The van der Waals surface area contributed by atoms with E-state index in [9.17, 15) is 0 Å². The Labute approximate surface area is 144 Å². The van der Waals surface area contributed by atoms with Gasteiger partial charge >= 0.3 is 0 Å². The summed E-state index contributed by atoms with van der Waals surface area (Å²) in [5.74, 6) is 0. The molecule has 1 saturated heterocycles. The van der Waals surface area contributed by atoms with Crippen molar-refractivity contribution < 1.29 is 9.68 Å². The minimum atomic E-state index is 0.797. The molecule has 1 fully saturated rings. The van der Waals surface area contributed by atoms with E-state index in [4.69, 9.17) is 9.68 Å². The van der Waals surface area contributed by atoms with Crippen LogP contribution in [0.1, 0.15) is 90.9 Å². The van der Waals surface area contributed by atoms with Crippen LogP contribution < -0.4 is 0 Å². The molecule has 0 atom stereocenters. The molecule has 0 bridgehead atoms. The first-order valence-corrected chi connectivity index (χ1v) is 10.1. The second-order valence-corrected chi connectivity index (χ2v) is 6.75. The molecular formula is C19H40N2O2. The second-order valence-electron chi connectivity index (χ2n) is 6.75. The number of hydrogen-bond acceptors (Lipinski definition) is 4. The van der Waals surface area contributed by atoms with Gasteiger partial charge in [0.2, 0.25) is 0 Å². The van der Waals surface area contributed by atoms with Crippen LogP contribution in [-0.4, -0.2) is 43.1 Å². The molecular weight excluding hydrogens is 288 g/mol. The normalized spacial score (nSPS) is 16.4.